The Balaban J connectivity index is 1.38. The topological polar surface area (TPSA) is 35.9 Å². The van der Waals surface area contributed by atoms with E-state index in [4.69, 9.17) is 4.74 Å². The predicted molar refractivity (Wildman–Crippen MR) is 120 cm³/mol. The van der Waals surface area contributed by atoms with E-state index in [1.54, 1.807) is 7.11 Å². The number of aliphatic hydroxyl groups excluding tert-OH is 1. The average molecular weight is 415 g/mol. The van der Waals surface area contributed by atoms with Crippen LogP contribution in [0.2, 0.25) is 0 Å². The van der Waals surface area contributed by atoms with Crippen molar-refractivity contribution < 1.29 is 9.84 Å². The van der Waals surface area contributed by atoms with Crippen molar-refractivity contribution >= 4 is 11.3 Å². The largest absolute Gasteiger partial charge is 0.497 e. The van der Waals surface area contributed by atoms with Gasteiger partial charge in [-0.2, -0.15) is 0 Å². The number of thiophene rings is 1. The van der Waals surface area contributed by atoms with Gasteiger partial charge in [-0.3, -0.25) is 9.80 Å². The zero-order valence-electron chi connectivity index (χ0n) is 17.6. The number of hydrogen-bond acceptors (Lipinski definition) is 5. The summed E-state index contributed by atoms with van der Waals surface area (Å²) in [7, 11) is 1.71. The van der Waals surface area contributed by atoms with E-state index in [-0.39, 0.29) is 12.0 Å². The molecule has 1 aromatic heterocycles. The minimum Gasteiger partial charge on any atom is -0.497 e. The number of methoxy groups -OCH3 is 1. The van der Waals surface area contributed by atoms with Gasteiger partial charge in [-0.05, 0) is 81.6 Å². The highest BCUT2D eigenvalue weighted by Gasteiger charge is 2.35. The maximum absolute atomic E-state index is 10.3. The van der Waals surface area contributed by atoms with Gasteiger partial charge in [0, 0.05) is 34.8 Å². The van der Waals surface area contributed by atoms with Crippen LogP contribution < -0.4 is 4.74 Å². The lowest BCUT2D eigenvalue weighted by atomic mass is 9.75. The Morgan fingerprint density at radius 2 is 1.72 bits per heavy atom. The second-order valence-electron chi connectivity index (χ2n) is 8.85. The van der Waals surface area contributed by atoms with Gasteiger partial charge in [0.25, 0.3) is 0 Å². The summed E-state index contributed by atoms with van der Waals surface area (Å²) in [6.07, 6.45) is 5.84. The van der Waals surface area contributed by atoms with Gasteiger partial charge in [0.1, 0.15) is 5.75 Å². The van der Waals surface area contributed by atoms with Crippen LogP contribution >= 0.6 is 11.3 Å². The Labute approximate surface area is 179 Å². The van der Waals surface area contributed by atoms with E-state index in [0.717, 1.165) is 51.2 Å². The van der Waals surface area contributed by atoms with Crippen molar-refractivity contribution in [1.82, 2.24) is 9.80 Å². The minimum atomic E-state index is -0.0553. The molecule has 3 heterocycles. The highest BCUT2D eigenvalue weighted by Crippen LogP contribution is 2.35. The number of likely N-dealkylation sites (tertiary alicyclic amines) is 2. The smallest absolute Gasteiger partial charge is 0.119 e. The molecule has 0 spiro atoms. The molecule has 0 bridgehead atoms. The molecule has 1 N–H and O–H groups in total. The fourth-order valence-corrected chi connectivity index (χ4v) is 6.07. The first kappa shape index (κ1) is 20.9. The van der Waals surface area contributed by atoms with Crippen LogP contribution in [0.5, 0.6) is 5.75 Å². The standard InChI is InChI=1S/C24H34N2O2S/c1-28-21-7-4-6-20(14-21)15-24(19-27)10-5-13-26(18-24)17-23-9-8-22(29-23)16-25-11-2-3-12-25/h4,6-9,14,27H,2-3,5,10-13,15-19H2,1H3/t24-/m1/s1. The summed E-state index contributed by atoms with van der Waals surface area (Å²) in [6.45, 7) is 6.95. The highest BCUT2D eigenvalue weighted by molar-refractivity contribution is 7.11. The normalized spacial score (nSPS) is 23.5. The number of hydrogen-bond donors (Lipinski definition) is 1. The van der Waals surface area contributed by atoms with Crippen LogP contribution in [0.1, 0.15) is 41.0 Å². The average Bonchev–Trinajstić information content (AvgIpc) is 3.41. The highest BCUT2D eigenvalue weighted by atomic mass is 32.1. The van der Waals surface area contributed by atoms with Crippen molar-refractivity contribution in [3.8, 4) is 5.75 Å². The molecule has 1 aromatic carbocycles. The number of ether oxygens (including phenoxy) is 1. The molecule has 2 aliphatic rings. The third-order valence-electron chi connectivity index (χ3n) is 6.46. The molecule has 0 amide bonds. The van der Waals surface area contributed by atoms with Gasteiger partial charge >= 0.3 is 0 Å². The van der Waals surface area contributed by atoms with Crippen LogP contribution in [-0.4, -0.2) is 54.8 Å². The van der Waals surface area contributed by atoms with Gasteiger partial charge < -0.3 is 9.84 Å². The molecule has 2 aromatic rings. The van der Waals surface area contributed by atoms with E-state index in [1.807, 2.05) is 23.5 Å². The number of piperidine rings is 1. The lowest BCUT2D eigenvalue weighted by Crippen LogP contribution is -2.46. The van der Waals surface area contributed by atoms with Gasteiger partial charge in [0.2, 0.25) is 0 Å². The molecule has 4 nitrogen and oxygen atoms in total. The van der Waals surface area contributed by atoms with Crippen LogP contribution in [0, 0.1) is 5.41 Å². The number of rotatable bonds is 8. The van der Waals surface area contributed by atoms with Crippen LogP contribution in [0.3, 0.4) is 0 Å². The molecule has 4 rings (SSSR count). The zero-order chi connectivity index (χ0) is 20.1. The fraction of sp³-hybridized carbons (Fsp3) is 0.583. The first-order valence-electron chi connectivity index (χ1n) is 10.9. The molecule has 0 unspecified atom stereocenters. The molecule has 2 aliphatic heterocycles. The van der Waals surface area contributed by atoms with E-state index in [2.05, 4.69) is 34.1 Å². The number of benzene rings is 1. The predicted octanol–water partition coefficient (Wildman–Crippen LogP) is 4.17. The van der Waals surface area contributed by atoms with Crippen LogP contribution in [-0.2, 0) is 19.5 Å². The molecule has 1 atom stereocenters. The van der Waals surface area contributed by atoms with Crippen LogP contribution in [0.4, 0.5) is 0 Å². The Morgan fingerprint density at radius 1 is 1.00 bits per heavy atom. The summed E-state index contributed by atoms with van der Waals surface area (Å²) < 4.78 is 5.39. The Kier molecular flexibility index (Phi) is 6.91. The lowest BCUT2D eigenvalue weighted by Gasteiger charge is -2.42. The quantitative estimate of drug-likeness (QED) is 0.703. The molecule has 0 radical (unpaired) electrons. The zero-order valence-corrected chi connectivity index (χ0v) is 18.4. The molecule has 0 saturated carbocycles. The summed E-state index contributed by atoms with van der Waals surface area (Å²) in [5, 5.41) is 10.3. The van der Waals surface area contributed by atoms with Gasteiger partial charge in [-0.25, -0.2) is 0 Å². The first-order valence-corrected chi connectivity index (χ1v) is 11.8. The Morgan fingerprint density at radius 3 is 2.45 bits per heavy atom. The Hall–Kier alpha value is -1.40. The van der Waals surface area contributed by atoms with Crippen LogP contribution in [0.25, 0.3) is 0 Å². The summed E-state index contributed by atoms with van der Waals surface area (Å²) in [6, 6.07) is 12.9. The van der Waals surface area contributed by atoms with Gasteiger partial charge in [0.15, 0.2) is 0 Å². The summed E-state index contributed by atoms with van der Waals surface area (Å²) >= 11 is 1.97. The molecular formula is C24H34N2O2S. The summed E-state index contributed by atoms with van der Waals surface area (Å²) in [5.74, 6) is 0.896. The number of nitrogens with zero attached hydrogens (tertiary/aromatic N) is 2. The molecule has 0 aliphatic carbocycles. The van der Waals surface area contributed by atoms with Crippen molar-refractivity contribution in [3.05, 3.63) is 51.7 Å². The van der Waals surface area contributed by atoms with Crippen molar-refractivity contribution in [2.45, 2.75) is 45.2 Å². The third kappa shape index (κ3) is 5.40. The van der Waals surface area contributed by atoms with Crippen molar-refractivity contribution in [1.29, 1.82) is 0 Å². The van der Waals surface area contributed by atoms with Crippen molar-refractivity contribution in [2.24, 2.45) is 5.41 Å². The van der Waals surface area contributed by atoms with E-state index < -0.39 is 0 Å². The maximum Gasteiger partial charge on any atom is 0.119 e. The van der Waals surface area contributed by atoms with E-state index in [9.17, 15) is 5.11 Å². The SMILES string of the molecule is COc1cccc(C[C@]2(CO)CCCN(Cc3ccc(CN4CCCC4)s3)C2)c1. The van der Waals surface area contributed by atoms with Gasteiger partial charge in [-0.1, -0.05) is 12.1 Å². The second kappa shape index (κ2) is 9.61. The fourth-order valence-electron chi connectivity index (χ4n) is 4.96. The molecule has 29 heavy (non-hydrogen) atoms. The van der Waals surface area contributed by atoms with E-state index >= 15 is 0 Å². The second-order valence-corrected chi connectivity index (χ2v) is 10.1. The van der Waals surface area contributed by atoms with Crippen molar-refractivity contribution in [3.63, 3.8) is 0 Å². The third-order valence-corrected chi connectivity index (χ3v) is 7.52. The van der Waals surface area contributed by atoms with Crippen LogP contribution in [0.15, 0.2) is 36.4 Å². The first-order chi connectivity index (χ1) is 14.2. The molecular weight excluding hydrogens is 380 g/mol. The van der Waals surface area contributed by atoms with E-state index in [1.165, 1.54) is 41.2 Å². The van der Waals surface area contributed by atoms with Crippen molar-refractivity contribution in [2.75, 3.05) is 39.9 Å². The summed E-state index contributed by atoms with van der Waals surface area (Å²) in [4.78, 5) is 8.06. The molecule has 5 heteroatoms. The lowest BCUT2D eigenvalue weighted by molar-refractivity contribution is 0.0292. The number of aliphatic hydroxyl groups is 1. The Bertz CT molecular complexity index is 787. The monoisotopic (exact) mass is 414 g/mol. The van der Waals surface area contributed by atoms with Gasteiger partial charge in [0.05, 0.1) is 13.7 Å². The molecule has 2 fully saturated rings. The maximum atomic E-state index is 10.3. The minimum absolute atomic E-state index is 0.0553. The molecule has 2 saturated heterocycles. The molecule has 158 valence electrons. The van der Waals surface area contributed by atoms with Gasteiger partial charge in [-0.15, -0.1) is 11.3 Å². The summed E-state index contributed by atoms with van der Waals surface area (Å²) in [5.41, 5.74) is 1.20. The van der Waals surface area contributed by atoms with E-state index in [0.29, 0.717) is 0 Å².